The molecule has 1 heterocycles. The number of carbonyl (C=O) groups is 1. The second-order valence-corrected chi connectivity index (χ2v) is 7.11. The van der Waals surface area contributed by atoms with Crippen molar-refractivity contribution >= 4 is 6.03 Å². The quantitative estimate of drug-likeness (QED) is 0.875. The summed E-state index contributed by atoms with van der Waals surface area (Å²) in [4.78, 5) is 16.7. The summed E-state index contributed by atoms with van der Waals surface area (Å²) >= 11 is 0. The first kappa shape index (κ1) is 17.8. The predicted molar refractivity (Wildman–Crippen MR) is 95.7 cm³/mol. The molecule has 0 bridgehead atoms. The van der Waals surface area contributed by atoms with E-state index in [0.29, 0.717) is 5.92 Å². The number of amides is 2. The van der Waals surface area contributed by atoms with Gasteiger partial charge in [0.1, 0.15) is 0 Å². The van der Waals surface area contributed by atoms with Gasteiger partial charge in [0.2, 0.25) is 0 Å². The molecule has 1 fully saturated rings. The van der Waals surface area contributed by atoms with Crippen molar-refractivity contribution in [3.05, 3.63) is 35.4 Å². The number of nitrogens with one attached hydrogen (secondary N) is 1. The van der Waals surface area contributed by atoms with Crippen LogP contribution in [0, 0.1) is 12.8 Å². The Labute approximate surface area is 140 Å². The van der Waals surface area contributed by atoms with E-state index in [1.165, 1.54) is 11.1 Å². The first-order valence-corrected chi connectivity index (χ1v) is 8.73. The molecule has 0 unspecified atom stereocenters. The second kappa shape index (κ2) is 8.34. The average Bonchev–Trinajstić information content (AvgIpc) is 2.96. The Morgan fingerprint density at radius 2 is 2.04 bits per heavy atom. The normalized spacial score (nSPS) is 19.2. The Bertz CT molecular complexity index is 498. The minimum absolute atomic E-state index is 0.102. The molecule has 1 aromatic carbocycles. The molecule has 1 aliphatic heterocycles. The topological polar surface area (TPSA) is 35.6 Å². The number of nitrogens with zero attached hydrogens (tertiary/aromatic N) is 2. The minimum atomic E-state index is 0.102. The van der Waals surface area contributed by atoms with E-state index < -0.39 is 0 Å². The molecule has 1 N–H and O–H groups in total. The number of rotatable bonds is 6. The molecule has 0 saturated carbocycles. The summed E-state index contributed by atoms with van der Waals surface area (Å²) in [6.45, 7) is 7.05. The fraction of sp³-hybridized carbons (Fsp3) is 0.632. The minimum Gasteiger partial charge on any atom is -0.335 e. The fourth-order valence-electron chi connectivity index (χ4n) is 3.25. The van der Waals surface area contributed by atoms with Crippen LogP contribution in [-0.4, -0.2) is 55.6 Å². The van der Waals surface area contributed by atoms with Crippen LogP contribution >= 0.6 is 0 Å². The van der Waals surface area contributed by atoms with Gasteiger partial charge in [-0.1, -0.05) is 36.8 Å². The maximum absolute atomic E-state index is 12.5. The first-order valence-electron chi connectivity index (χ1n) is 8.73. The lowest BCUT2D eigenvalue weighted by molar-refractivity contribution is 0.200. The molecule has 4 heteroatoms. The molecular weight excluding hydrogens is 286 g/mol. The lowest BCUT2D eigenvalue weighted by Gasteiger charge is -2.23. The Kier molecular flexibility index (Phi) is 6.46. The zero-order valence-corrected chi connectivity index (χ0v) is 15.0. The molecule has 0 aromatic heterocycles. The number of carbonyl (C=O) groups excluding carboxylic acids is 1. The van der Waals surface area contributed by atoms with Gasteiger partial charge in [-0.3, -0.25) is 0 Å². The summed E-state index contributed by atoms with van der Waals surface area (Å²) in [6.07, 6.45) is 2.96. The van der Waals surface area contributed by atoms with Gasteiger partial charge < -0.3 is 15.1 Å². The van der Waals surface area contributed by atoms with Gasteiger partial charge >= 0.3 is 6.03 Å². The highest BCUT2D eigenvalue weighted by Gasteiger charge is 2.27. The summed E-state index contributed by atoms with van der Waals surface area (Å²) in [7, 11) is 4.19. The number of likely N-dealkylation sites (tertiary alicyclic amines) is 1. The molecule has 0 radical (unpaired) electrons. The highest BCUT2D eigenvalue weighted by atomic mass is 16.2. The van der Waals surface area contributed by atoms with Crippen LogP contribution in [0.5, 0.6) is 0 Å². The van der Waals surface area contributed by atoms with Crippen LogP contribution in [0.3, 0.4) is 0 Å². The molecule has 2 amide bonds. The lowest BCUT2D eigenvalue weighted by Crippen LogP contribution is -2.44. The molecule has 1 saturated heterocycles. The molecule has 23 heavy (non-hydrogen) atoms. The molecule has 128 valence electrons. The maximum Gasteiger partial charge on any atom is 0.317 e. The highest BCUT2D eigenvalue weighted by molar-refractivity contribution is 5.74. The average molecular weight is 317 g/mol. The van der Waals surface area contributed by atoms with Crippen LogP contribution in [0.1, 0.15) is 30.9 Å². The maximum atomic E-state index is 12.5. The van der Waals surface area contributed by atoms with Crippen molar-refractivity contribution in [2.24, 2.45) is 5.92 Å². The summed E-state index contributed by atoms with van der Waals surface area (Å²) in [5, 5.41) is 3.22. The molecule has 1 aliphatic rings. The summed E-state index contributed by atoms with van der Waals surface area (Å²) in [5.74, 6) is 0.605. The van der Waals surface area contributed by atoms with E-state index in [1.54, 1.807) is 0 Å². The van der Waals surface area contributed by atoms with E-state index in [2.05, 4.69) is 62.4 Å². The van der Waals surface area contributed by atoms with Gasteiger partial charge in [0.15, 0.2) is 0 Å². The molecule has 2 rings (SSSR count). The molecule has 4 nitrogen and oxygen atoms in total. The number of benzene rings is 1. The number of hydrogen-bond acceptors (Lipinski definition) is 2. The third-order valence-corrected chi connectivity index (χ3v) is 4.62. The highest BCUT2D eigenvalue weighted by Crippen LogP contribution is 2.17. The SMILES string of the molecule is CC[C@@H](Cc1ccc(C)cc1)NC(=O)N1CC[C@@H](CN(C)C)C1. The van der Waals surface area contributed by atoms with Gasteiger partial charge in [-0.15, -0.1) is 0 Å². The molecule has 2 atom stereocenters. The van der Waals surface area contributed by atoms with E-state index in [4.69, 9.17) is 0 Å². The van der Waals surface area contributed by atoms with Crippen LogP contribution in [0.15, 0.2) is 24.3 Å². The number of hydrogen-bond donors (Lipinski definition) is 1. The van der Waals surface area contributed by atoms with Gasteiger partial charge in [0.05, 0.1) is 0 Å². The molecular formula is C19H31N3O. The van der Waals surface area contributed by atoms with Crippen molar-refractivity contribution in [3.8, 4) is 0 Å². The summed E-state index contributed by atoms with van der Waals surface area (Å²) < 4.78 is 0. The van der Waals surface area contributed by atoms with Crippen molar-refractivity contribution in [1.82, 2.24) is 15.1 Å². The second-order valence-electron chi connectivity index (χ2n) is 7.11. The Morgan fingerprint density at radius 1 is 1.35 bits per heavy atom. The van der Waals surface area contributed by atoms with Crippen LogP contribution < -0.4 is 5.32 Å². The van der Waals surface area contributed by atoms with Crippen LogP contribution in [-0.2, 0) is 6.42 Å². The Morgan fingerprint density at radius 3 is 2.65 bits per heavy atom. The molecule has 0 spiro atoms. The van der Waals surface area contributed by atoms with E-state index >= 15 is 0 Å². The lowest BCUT2D eigenvalue weighted by atomic mass is 10.0. The number of aryl methyl sites for hydroxylation is 1. The Hall–Kier alpha value is -1.55. The van der Waals surface area contributed by atoms with E-state index in [9.17, 15) is 4.79 Å². The molecule has 1 aromatic rings. The standard InChI is InChI=1S/C19H31N3O/c1-5-18(12-16-8-6-15(2)7-9-16)20-19(23)22-11-10-17(14-22)13-21(3)4/h6-9,17-18H,5,10-14H2,1-4H3,(H,20,23)/t17-,18-/m0/s1. The van der Waals surface area contributed by atoms with E-state index in [1.807, 2.05) is 4.90 Å². The Balaban J connectivity index is 1.84. The van der Waals surface area contributed by atoms with Crippen molar-refractivity contribution in [2.75, 3.05) is 33.7 Å². The zero-order valence-electron chi connectivity index (χ0n) is 15.0. The van der Waals surface area contributed by atoms with E-state index in [-0.39, 0.29) is 12.1 Å². The smallest absolute Gasteiger partial charge is 0.317 e. The van der Waals surface area contributed by atoms with Gasteiger partial charge in [-0.2, -0.15) is 0 Å². The van der Waals surface area contributed by atoms with Gasteiger partial charge in [0, 0.05) is 25.7 Å². The van der Waals surface area contributed by atoms with E-state index in [0.717, 1.165) is 38.9 Å². The zero-order chi connectivity index (χ0) is 16.8. The van der Waals surface area contributed by atoms with Crippen molar-refractivity contribution in [1.29, 1.82) is 0 Å². The van der Waals surface area contributed by atoms with Crippen LogP contribution in [0.4, 0.5) is 4.79 Å². The van der Waals surface area contributed by atoms with Crippen LogP contribution in [0.25, 0.3) is 0 Å². The summed E-state index contributed by atoms with van der Waals surface area (Å²) in [6, 6.07) is 8.90. The molecule has 0 aliphatic carbocycles. The van der Waals surface area contributed by atoms with Gasteiger partial charge in [-0.05, 0) is 51.8 Å². The summed E-state index contributed by atoms with van der Waals surface area (Å²) in [5.41, 5.74) is 2.56. The largest absolute Gasteiger partial charge is 0.335 e. The predicted octanol–water partition coefficient (Wildman–Crippen LogP) is 2.91. The van der Waals surface area contributed by atoms with Gasteiger partial charge in [-0.25, -0.2) is 4.79 Å². The van der Waals surface area contributed by atoms with Crippen molar-refractivity contribution < 1.29 is 4.79 Å². The van der Waals surface area contributed by atoms with Gasteiger partial charge in [0.25, 0.3) is 0 Å². The van der Waals surface area contributed by atoms with Crippen molar-refractivity contribution in [3.63, 3.8) is 0 Å². The third-order valence-electron chi connectivity index (χ3n) is 4.62. The third kappa shape index (κ3) is 5.54. The van der Waals surface area contributed by atoms with Crippen LogP contribution in [0.2, 0.25) is 0 Å². The first-order chi connectivity index (χ1) is 11.0. The number of urea groups is 1. The van der Waals surface area contributed by atoms with Crippen molar-refractivity contribution in [2.45, 2.75) is 39.2 Å². The monoisotopic (exact) mass is 317 g/mol. The fourth-order valence-corrected chi connectivity index (χ4v) is 3.25.